The molecule has 1 aromatic carbocycles. The minimum Gasteiger partial charge on any atom is -0.469 e. The molecule has 0 saturated carbocycles. The molecule has 2 heterocycles. The standard InChI is InChI=1S/C19H24BNO4/c1-18(2)19(3,4)25-20(24-18)14(12-17(22)23-5)16-11-10-13-8-6-7-9-15(13)21-16/h6-11,14H,12H2,1-5H3. The minimum atomic E-state index is -0.558. The number of carbonyl (C=O) groups excluding carboxylic acids is 1. The third-order valence-corrected chi connectivity index (χ3v) is 5.21. The normalized spacial score (nSPS) is 19.8. The van der Waals surface area contributed by atoms with Crippen molar-refractivity contribution in [2.24, 2.45) is 0 Å². The Bertz CT molecular complexity index is 774. The molecule has 3 rings (SSSR count). The fraction of sp³-hybridized carbons (Fsp3) is 0.474. The number of hydrogen-bond donors (Lipinski definition) is 0. The van der Waals surface area contributed by atoms with Gasteiger partial charge in [0.2, 0.25) is 0 Å². The molecule has 0 aliphatic carbocycles. The number of rotatable bonds is 4. The van der Waals surface area contributed by atoms with Crippen molar-refractivity contribution in [2.45, 2.75) is 51.1 Å². The largest absolute Gasteiger partial charge is 0.469 e. The molecule has 2 aromatic rings. The molecule has 0 N–H and O–H groups in total. The van der Waals surface area contributed by atoms with Gasteiger partial charge in [-0.2, -0.15) is 0 Å². The lowest BCUT2D eigenvalue weighted by Gasteiger charge is -2.32. The maximum atomic E-state index is 12.0. The molecule has 1 aliphatic heterocycles. The summed E-state index contributed by atoms with van der Waals surface area (Å²) in [5, 5.41) is 1.05. The number of pyridine rings is 1. The number of carbonyl (C=O) groups is 1. The van der Waals surface area contributed by atoms with E-state index in [1.54, 1.807) is 0 Å². The third kappa shape index (κ3) is 3.41. The zero-order valence-electron chi connectivity index (χ0n) is 15.4. The number of nitrogens with zero attached hydrogens (tertiary/aromatic N) is 1. The molecule has 1 saturated heterocycles. The first kappa shape index (κ1) is 17.9. The Labute approximate surface area is 148 Å². The Morgan fingerprint density at radius 1 is 1.12 bits per heavy atom. The van der Waals surface area contributed by atoms with Gasteiger partial charge < -0.3 is 14.0 Å². The fourth-order valence-electron chi connectivity index (χ4n) is 2.94. The van der Waals surface area contributed by atoms with E-state index in [1.165, 1.54) is 7.11 Å². The van der Waals surface area contributed by atoms with E-state index in [1.807, 2.05) is 64.1 Å². The van der Waals surface area contributed by atoms with Crippen molar-refractivity contribution in [3.63, 3.8) is 0 Å². The summed E-state index contributed by atoms with van der Waals surface area (Å²) in [6.45, 7) is 7.98. The van der Waals surface area contributed by atoms with Gasteiger partial charge in [0.25, 0.3) is 0 Å². The average molecular weight is 341 g/mol. The lowest BCUT2D eigenvalue weighted by Crippen LogP contribution is -2.41. The predicted molar refractivity (Wildman–Crippen MR) is 97.2 cm³/mol. The third-order valence-electron chi connectivity index (χ3n) is 5.21. The SMILES string of the molecule is COC(=O)CC(B1OC(C)(C)C(C)(C)O1)c1ccc2ccccc2n1. The van der Waals surface area contributed by atoms with Gasteiger partial charge in [0.15, 0.2) is 0 Å². The summed E-state index contributed by atoms with van der Waals surface area (Å²) < 4.78 is 17.2. The molecule has 1 unspecified atom stereocenters. The predicted octanol–water partition coefficient (Wildman–Crippen LogP) is 3.51. The van der Waals surface area contributed by atoms with Crippen LogP contribution in [0.5, 0.6) is 0 Å². The maximum Gasteiger partial charge on any atom is 0.468 e. The summed E-state index contributed by atoms with van der Waals surface area (Å²) in [5.41, 5.74) is 0.708. The van der Waals surface area contributed by atoms with E-state index >= 15 is 0 Å². The maximum absolute atomic E-state index is 12.0. The van der Waals surface area contributed by atoms with Gasteiger partial charge in [0.1, 0.15) is 0 Å². The summed E-state index contributed by atoms with van der Waals surface area (Å²) in [7, 11) is 0.829. The molecule has 1 fully saturated rings. The molecule has 1 atom stereocenters. The molecule has 0 amide bonds. The van der Waals surface area contributed by atoms with E-state index in [0.717, 1.165) is 16.6 Å². The van der Waals surface area contributed by atoms with E-state index in [4.69, 9.17) is 19.0 Å². The van der Waals surface area contributed by atoms with Crippen LogP contribution in [0.4, 0.5) is 0 Å². The Morgan fingerprint density at radius 3 is 2.40 bits per heavy atom. The fourth-order valence-corrected chi connectivity index (χ4v) is 2.94. The van der Waals surface area contributed by atoms with Crippen LogP contribution in [-0.4, -0.2) is 36.4 Å². The first-order valence-electron chi connectivity index (χ1n) is 8.52. The Hall–Kier alpha value is -1.92. The van der Waals surface area contributed by atoms with Crippen molar-refractivity contribution in [1.82, 2.24) is 4.98 Å². The molecule has 5 nitrogen and oxygen atoms in total. The molecule has 25 heavy (non-hydrogen) atoms. The van der Waals surface area contributed by atoms with Crippen molar-refractivity contribution in [3.05, 3.63) is 42.1 Å². The lowest BCUT2D eigenvalue weighted by molar-refractivity contribution is -0.140. The van der Waals surface area contributed by atoms with Crippen molar-refractivity contribution < 1.29 is 18.8 Å². The van der Waals surface area contributed by atoms with Crippen LogP contribution in [0.2, 0.25) is 0 Å². The van der Waals surface area contributed by atoms with E-state index in [9.17, 15) is 4.79 Å². The van der Waals surface area contributed by atoms with E-state index < -0.39 is 18.3 Å². The second-order valence-corrected chi connectivity index (χ2v) is 7.44. The quantitative estimate of drug-likeness (QED) is 0.629. The number of esters is 1. The summed E-state index contributed by atoms with van der Waals surface area (Å²) in [6.07, 6.45) is 0.151. The van der Waals surface area contributed by atoms with Crippen molar-refractivity contribution in [2.75, 3.05) is 7.11 Å². The van der Waals surface area contributed by atoms with Gasteiger partial charge >= 0.3 is 13.1 Å². The number of ether oxygens (including phenoxy) is 1. The van der Waals surface area contributed by atoms with Crippen molar-refractivity contribution in [3.8, 4) is 0 Å². The number of aromatic nitrogens is 1. The lowest BCUT2D eigenvalue weighted by atomic mass is 9.67. The van der Waals surface area contributed by atoms with Crippen LogP contribution in [0.3, 0.4) is 0 Å². The highest BCUT2D eigenvalue weighted by molar-refractivity contribution is 6.48. The second-order valence-electron chi connectivity index (χ2n) is 7.44. The first-order chi connectivity index (χ1) is 11.7. The Kier molecular flexibility index (Phi) is 4.60. The van der Waals surface area contributed by atoms with Crippen LogP contribution in [0.15, 0.2) is 36.4 Å². The average Bonchev–Trinajstić information content (AvgIpc) is 2.79. The molecule has 0 radical (unpaired) electrons. The van der Waals surface area contributed by atoms with Crippen LogP contribution in [0.1, 0.15) is 45.6 Å². The van der Waals surface area contributed by atoms with Crippen LogP contribution in [0, 0.1) is 0 Å². The van der Waals surface area contributed by atoms with Crippen LogP contribution < -0.4 is 0 Å². The molecular formula is C19H24BNO4. The molecule has 1 aliphatic rings. The van der Waals surface area contributed by atoms with Gasteiger partial charge in [-0.1, -0.05) is 24.3 Å². The van der Waals surface area contributed by atoms with Gasteiger partial charge in [0.05, 0.1) is 30.2 Å². The van der Waals surface area contributed by atoms with Crippen LogP contribution in [0.25, 0.3) is 10.9 Å². The van der Waals surface area contributed by atoms with Crippen LogP contribution in [-0.2, 0) is 18.8 Å². The zero-order chi connectivity index (χ0) is 18.2. The van der Waals surface area contributed by atoms with E-state index in [-0.39, 0.29) is 18.2 Å². The van der Waals surface area contributed by atoms with Gasteiger partial charge in [-0.25, -0.2) is 0 Å². The van der Waals surface area contributed by atoms with Gasteiger partial charge in [-0.3, -0.25) is 9.78 Å². The summed E-state index contributed by atoms with van der Waals surface area (Å²) >= 11 is 0. The first-order valence-corrected chi connectivity index (χ1v) is 8.52. The highest BCUT2D eigenvalue weighted by Crippen LogP contribution is 2.41. The molecular weight excluding hydrogens is 317 g/mol. The number of methoxy groups -OCH3 is 1. The number of hydrogen-bond acceptors (Lipinski definition) is 5. The van der Waals surface area contributed by atoms with Gasteiger partial charge in [-0.05, 0) is 39.8 Å². The number of benzene rings is 1. The summed E-state index contributed by atoms with van der Waals surface area (Å²) in [4.78, 5) is 16.7. The topological polar surface area (TPSA) is 57.7 Å². The van der Waals surface area contributed by atoms with E-state index in [2.05, 4.69) is 0 Å². The van der Waals surface area contributed by atoms with E-state index in [0.29, 0.717) is 0 Å². The summed E-state index contributed by atoms with van der Waals surface area (Å²) in [5.74, 6) is -0.646. The monoisotopic (exact) mass is 341 g/mol. The molecule has 6 heteroatoms. The minimum absolute atomic E-state index is 0.151. The van der Waals surface area contributed by atoms with Gasteiger partial charge in [-0.15, -0.1) is 0 Å². The van der Waals surface area contributed by atoms with Crippen LogP contribution >= 0.6 is 0 Å². The summed E-state index contributed by atoms with van der Waals surface area (Å²) in [6, 6.07) is 11.8. The molecule has 1 aromatic heterocycles. The highest BCUT2D eigenvalue weighted by atomic mass is 16.7. The van der Waals surface area contributed by atoms with Crippen molar-refractivity contribution >= 4 is 24.0 Å². The molecule has 132 valence electrons. The number of para-hydroxylation sites is 1. The smallest absolute Gasteiger partial charge is 0.468 e. The Morgan fingerprint density at radius 2 is 1.76 bits per heavy atom. The molecule has 0 bridgehead atoms. The zero-order valence-corrected chi connectivity index (χ0v) is 15.4. The van der Waals surface area contributed by atoms with Crippen molar-refractivity contribution in [1.29, 1.82) is 0 Å². The molecule has 0 spiro atoms. The van der Waals surface area contributed by atoms with Gasteiger partial charge in [0, 0.05) is 16.9 Å². The Balaban J connectivity index is 1.98. The number of fused-ring (bicyclic) bond motifs is 1. The highest BCUT2D eigenvalue weighted by Gasteiger charge is 2.54. The second kappa shape index (κ2) is 6.43.